The van der Waals surface area contributed by atoms with E-state index >= 15 is 0 Å². The molecule has 0 heterocycles. The van der Waals surface area contributed by atoms with Crippen LogP contribution >= 0.6 is 15.9 Å². The normalized spacial score (nSPS) is 23.1. The number of benzene rings is 1. The summed E-state index contributed by atoms with van der Waals surface area (Å²) in [7, 11) is 1.77. The van der Waals surface area contributed by atoms with Gasteiger partial charge in [0.15, 0.2) is 11.7 Å². The Hall–Kier alpha value is -1.34. The van der Waals surface area contributed by atoms with Gasteiger partial charge >= 0.3 is 0 Å². The number of nitrogens with zero attached hydrogens (tertiary/aromatic N) is 2. The molecule has 0 spiro atoms. The molecule has 1 aromatic carbocycles. The first kappa shape index (κ1) is 16.0. The summed E-state index contributed by atoms with van der Waals surface area (Å²) >= 11 is 3.14. The zero-order valence-corrected chi connectivity index (χ0v) is 13.3. The van der Waals surface area contributed by atoms with E-state index in [2.05, 4.69) is 21.1 Å². The van der Waals surface area contributed by atoms with Crippen LogP contribution in [0.5, 0.6) is 0 Å². The molecule has 2 rings (SSSR count). The minimum absolute atomic E-state index is 0.102. The first-order valence-electron chi connectivity index (χ1n) is 6.84. The lowest BCUT2D eigenvalue weighted by Crippen LogP contribution is -2.43. The molecule has 0 bridgehead atoms. The Bertz CT molecular complexity index is 553. The van der Waals surface area contributed by atoms with Crippen LogP contribution in [0.4, 0.5) is 10.1 Å². The monoisotopic (exact) mass is 359 g/mol. The Balaban J connectivity index is 2.34. The van der Waals surface area contributed by atoms with Crippen molar-refractivity contribution in [1.29, 1.82) is 0 Å². The zero-order valence-electron chi connectivity index (χ0n) is 11.8. The molecular formula is C14H19BrFN3O2. The molecule has 116 valence electrons. The fourth-order valence-electron chi connectivity index (χ4n) is 2.79. The van der Waals surface area contributed by atoms with Crippen LogP contribution in [0.2, 0.25) is 0 Å². The first-order chi connectivity index (χ1) is 9.97. The lowest BCUT2D eigenvalue weighted by atomic mass is 9.91. The lowest BCUT2D eigenvalue weighted by molar-refractivity contribution is 0.106. The summed E-state index contributed by atoms with van der Waals surface area (Å²) < 4.78 is 14.7. The predicted molar refractivity (Wildman–Crippen MR) is 83.3 cm³/mol. The number of nitrogens with two attached hydrogens (primary N) is 1. The Kier molecular flexibility index (Phi) is 5.05. The van der Waals surface area contributed by atoms with Crippen molar-refractivity contribution in [2.24, 2.45) is 10.9 Å². The number of hydrogen-bond acceptors (Lipinski definition) is 4. The highest BCUT2D eigenvalue weighted by atomic mass is 79.9. The van der Waals surface area contributed by atoms with Crippen LogP contribution in [0.25, 0.3) is 0 Å². The van der Waals surface area contributed by atoms with Crippen molar-refractivity contribution in [1.82, 2.24) is 0 Å². The van der Waals surface area contributed by atoms with Gasteiger partial charge in [0.2, 0.25) is 0 Å². The number of hydrogen-bond donors (Lipinski definition) is 3. The maximum absolute atomic E-state index is 14.5. The summed E-state index contributed by atoms with van der Waals surface area (Å²) in [6.07, 6.45) is 3.14. The van der Waals surface area contributed by atoms with Crippen LogP contribution in [-0.2, 0) is 0 Å². The van der Waals surface area contributed by atoms with Gasteiger partial charge in [-0.05, 0) is 40.9 Å². The van der Waals surface area contributed by atoms with Crippen molar-refractivity contribution in [2.45, 2.75) is 37.8 Å². The molecule has 1 saturated carbocycles. The SMILES string of the molecule is CN(c1ccc(/C(N)=N/O)c(Br)c1F)C1CCCCC1O. The standard InChI is InChI=1S/C14H19BrFN3O2/c1-19(9-4-2-3-5-11(9)20)10-7-6-8(14(17)18-21)12(15)13(10)16/h6-7,9,11,20-21H,2-5H2,1H3,(H2,17,18). The predicted octanol–water partition coefficient (Wildman–Crippen LogP) is 2.42. The summed E-state index contributed by atoms with van der Waals surface area (Å²) in [5.74, 6) is -0.646. The van der Waals surface area contributed by atoms with Crippen molar-refractivity contribution in [2.75, 3.05) is 11.9 Å². The minimum atomic E-state index is -0.487. The van der Waals surface area contributed by atoms with E-state index in [1.165, 1.54) is 0 Å². The number of likely N-dealkylation sites (N-methyl/N-ethyl adjacent to an activating group) is 1. The number of oxime groups is 1. The summed E-state index contributed by atoms with van der Waals surface area (Å²) in [5, 5.41) is 21.7. The van der Waals surface area contributed by atoms with Crippen molar-refractivity contribution in [3.63, 3.8) is 0 Å². The maximum Gasteiger partial charge on any atom is 0.171 e. The summed E-state index contributed by atoms with van der Waals surface area (Å²) in [4.78, 5) is 1.76. The Morgan fingerprint density at radius 3 is 2.71 bits per heavy atom. The fraction of sp³-hybridized carbons (Fsp3) is 0.500. The van der Waals surface area contributed by atoms with Crippen molar-refractivity contribution >= 4 is 27.5 Å². The van der Waals surface area contributed by atoms with Crippen LogP contribution in [0.3, 0.4) is 0 Å². The highest BCUT2D eigenvalue weighted by molar-refractivity contribution is 9.10. The summed E-state index contributed by atoms with van der Waals surface area (Å²) in [5.41, 5.74) is 6.17. The second-order valence-corrected chi connectivity index (χ2v) is 6.07. The van der Waals surface area contributed by atoms with Crippen LogP contribution in [0, 0.1) is 5.82 Å². The highest BCUT2D eigenvalue weighted by Crippen LogP contribution is 2.33. The van der Waals surface area contributed by atoms with E-state index in [0.29, 0.717) is 5.69 Å². The molecular weight excluding hydrogens is 341 g/mol. The van der Waals surface area contributed by atoms with Crippen LogP contribution in [0.1, 0.15) is 31.2 Å². The van der Waals surface area contributed by atoms with Gasteiger partial charge in [-0.3, -0.25) is 0 Å². The average molecular weight is 360 g/mol. The lowest BCUT2D eigenvalue weighted by Gasteiger charge is -2.37. The van der Waals surface area contributed by atoms with Gasteiger partial charge in [0, 0.05) is 12.6 Å². The van der Waals surface area contributed by atoms with E-state index in [0.717, 1.165) is 25.7 Å². The third-order valence-corrected chi connectivity index (χ3v) is 4.79. The molecule has 5 nitrogen and oxygen atoms in total. The third kappa shape index (κ3) is 3.13. The van der Waals surface area contributed by atoms with Gasteiger partial charge in [-0.2, -0.15) is 0 Å². The third-order valence-electron chi connectivity index (χ3n) is 4.02. The van der Waals surface area contributed by atoms with Crippen LogP contribution in [-0.4, -0.2) is 35.3 Å². The van der Waals surface area contributed by atoms with Crippen LogP contribution in [0.15, 0.2) is 21.8 Å². The highest BCUT2D eigenvalue weighted by Gasteiger charge is 2.29. The van der Waals surface area contributed by atoms with Gasteiger partial charge in [-0.1, -0.05) is 18.0 Å². The molecule has 1 aromatic rings. The van der Waals surface area contributed by atoms with E-state index in [1.807, 2.05) is 0 Å². The molecule has 1 aliphatic rings. The molecule has 7 heteroatoms. The number of amidine groups is 1. The maximum atomic E-state index is 14.5. The van der Waals surface area contributed by atoms with Crippen molar-refractivity contribution in [3.8, 4) is 0 Å². The summed E-state index contributed by atoms with van der Waals surface area (Å²) in [6, 6.07) is 3.06. The van der Waals surface area contributed by atoms with Gasteiger partial charge < -0.3 is 20.9 Å². The van der Waals surface area contributed by atoms with Crippen molar-refractivity contribution in [3.05, 3.63) is 28.0 Å². The molecule has 0 radical (unpaired) electrons. The molecule has 1 aliphatic carbocycles. The minimum Gasteiger partial charge on any atom is -0.409 e. The molecule has 0 amide bonds. The first-order valence-corrected chi connectivity index (χ1v) is 7.63. The number of aliphatic hydroxyl groups is 1. The Morgan fingerprint density at radius 2 is 2.10 bits per heavy atom. The number of anilines is 1. The number of halogens is 2. The zero-order chi connectivity index (χ0) is 15.6. The van der Waals surface area contributed by atoms with E-state index < -0.39 is 11.9 Å². The molecule has 0 aromatic heterocycles. The second kappa shape index (κ2) is 6.62. The Morgan fingerprint density at radius 1 is 1.43 bits per heavy atom. The molecule has 0 saturated heterocycles. The fourth-order valence-corrected chi connectivity index (χ4v) is 3.32. The van der Waals surface area contributed by atoms with E-state index in [4.69, 9.17) is 10.9 Å². The van der Waals surface area contributed by atoms with Gasteiger partial charge in [0.25, 0.3) is 0 Å². The number of aliphatic hydroxyl groups excluding tert-OH is 1. The van der Waals surface area contributed by atoms with Gasteiger partial charge in [-0.15, -0.1) is 0 Å². The molecule has 1 fully saturated rings. The van der Waals surface area contributed by atoms with Gasteiger partial charge in [0.05, 0.1) is 22.3 Å². The van der Waals surface area contributed by atoms with E-state index in [1.54, 1.807) is 24.1 Å². The second-order valence-electron chi connectivity index (χ2n) is 5.28. The van der Waals surface area contributed by atoms with E-state index in [-0.39, 0.29) is 21.9 Å². The van der Waals surface area contributed by atoms with Gasteiger partial charge in [-0.25, -0.2) is 4.39 Å². The smallest absolute Gasteiger partial charge is 0.171 e. The van der Waals surface area contributed by atoms with Crippen molar-refractivity contribution < 1.29 is 14.7 Å². The van der Waals surface area contributed by atoms with Gasteiger partial charge in [0.1, 0.15) is 0 Å². The molecule has 4 N–H and O–H groups in total. The summed E-state index contributed by atoms with van der Waals surface area (Å²) in [6.45, 7) is 0. The molecule has 2 atom stereocenters. The average Bonchev–Trinajstić information content (AvgIpc) is 2.49. The quantitative estimate of drug-likeness (QED) is 0.335. The topological polar surface area (TPSA) is 82.1 Å². The Labute approximate surface area is 131 Å². The molecule has 2 unspecified atom stereocenters. The number of rotatable bonds is 3. The van der Waals surface area contributed by atoms with Crippen LogP contribution < -0.4 is 10.6 Å². The molecule has 0 aliphatic heterocycles. The largest absolute Gasteiger partial charge is 0.409 e. The van der Waals surface area contributed by atoms with E-state index in [9.17, 15) is 9.50 Å². The molecule has 21 heavy (non-hydrogen) atoms.